The zero-order valence-corrected chi connectivity index (χ0v) is 15.5. The standard InChI is InChI=1S/C21H23F3N2O/c1-14-3-6-19(12-20(14)23)26(15(2)27)18-7-9-25(10-8-18)13-16-4-5-17(22)11-21(16)24/h3-6,11-12,18H,7-10,13H2,1-2H3. The second kappa shape index (κ2) is 8.13. The summed E-state index contributed by atoms with van der Waals surface area (Å²) >= 11 is 0. The number of piperidine rings is 1. The van der Waals surface area contributed by atoms with Gasteiger partial charge in [-0.1, -0.05) is 12.1 Å². The molecule has 1 aliphatic heterocycles. The number of benzene rings is 2. The van der Waals surface area contributed by atoms with E-state index in [1.54, 1.807) is 24.0 Å². The molecular formula is C21H23F3N2O. The van der Waals surface area contributed by atoms with Crippen LogP contribution in [0.4, 0.5) is 18.9 Å². The summed E-state index contributed by atoms with van der Waals surface area (Å²) in [4.78, 5) is 15.9. The third-order valence-corrected chi connectivity index (χ3v) is 5.10. The van der Waals surface area contributed by atoms with Crippen molar-refractivity contribution >= 4 is 11.6 Å². The fourth-order valence-electron chi connectivity index (χ4n) is 3.61. The average molecular weight is 376 g/mol. The Morgan fingerprint density at radius 2 is 1.78 bits per heavy atom. The van der Waals surface area contributed by atoms with E-state index in [2.05, 4.69) is 4.90 Å². The van der Waals surface area contributed by atoms with Gasteiger partial charge < -0.3 is 4.90 Å². The smallest absolute Gasteiger partial charge is 0.224 e. The van der Waals surface area contributed by atoms with E-state index in [-0.39, 0.29) is 17.8 Å². The van der Waals surface area contributed by atoms with Crippen molar-refractivity contribution in [1.82, 2.24) is 4.90 Å². The molecule has 1 fully saturated rings. The molecule has 2 aromatic rings. The number of hydrogen-bond donors (Lipinski definition) is 0. The second-order valence-electron chi connectivity index (χ2n) is 7.07. The van der Waals surface area contributed by atoms with Gasteiger partial charge in [0.2, 0.25) is 5.91 Å². The zero-order valence-electron chi connectivity index (χ0n) is 15.5. The highest BCUT2D eigenvalue weighted by Gasteiger charge is 2.28. The fraction of sp³-hybridized carbons (Fsp3) is 0.381. The van der Waals surface area contributed by atoms with Crippen LogP contribution < -0.4 is 4.90 Å². The van der Waals surface area contributed by atoms with Gasteiger partial charge in [-0.25, -0.2) is 13.2 Å². The van der Waals surface area contributed by atoms with Gasteiger partial charge in [-0.2, -0.15) is 0 Å². The van der Waals surface area contributed by atoms with Crippen LogP contribution in [0.2, 0.25) is 0 Å². The summed E-state index contributed by atoms with van der Waals surface area (Å²) < 4.78 is 40.8. The molecule has 6 heteroatoms. The molecule has 0 spiro atoms. The molecule has 0 N–H and O–H groups in total. The van der Waals surface area contributed by atoms with Gasteiger partial charge >= 0.3 is 0 Å². The molecule has 144 valence electrons. The summed E-state index contributed by atoms with van der Waals surface area (Å²) in [5.74, 6) is -1.58. The number of amides is 1. The van der Waals surface area contributed by atoms with E-state index >= 15 is 0 Å². The number of anilines is 1. The van der Waals surface area contributed by atoms with Gasteiger partial charge in [-0.05, 0) is 43.5 Å². The third kappa shape index (κ3) is 4.50. The number of aryl methyl sites for hydroxylation is 1. The third-order valence-electron chi connectivity index (χ3n) is 5.10. The molecular weight excluding hydrogens is 353 g/mol. The van der Waals surface area contributed by atoms with Crippen LogP contribution in [0, 0.1) is 24.4 Å². The van der Waals surface area contributed by atoms with Crippen molar-refractivity contribution in [2.45, 2.75) is 39.3 Å². The minimum atomic E-state index is -0.586. The van der Waals surface area contributed by atoms with Crippen LogP contribution in [0.25, 0.3) is 0 Å². The van der Waals surface area contributed by atoms with E-state index in [1.165, 1.54) is 25.1 Å². The van der Waals surface area contributed by atoms with Gasteiger partial charge in [0.25, 0.3) is 0 Å². The Morgan fingerprint density at radius 3 is 2.37 bits per heavy atom. The summed E-state index contributed by atoms with van der Waals surface area (Å²) in [7, 11) is 0. The number of hydrogen-bond acceptors (Lipinski definition) is 2. The number of likely N-dealkylation sites (tertiary alicyclic amines) is 1. The Bertz CT molecular complexity index is 832. The van der Waals surface area contributed by atoms with E-state index in [9.17, 15) is 18.0 Å². The lowest BCUT2D eigenvalue weighted by atomic mass is 10.0. The summed E-state index contributed by atoms with van der Waals surface area (Å²) in [6.45, 7) is 4.93. The van der Waals surface area contributed by atoms with Crippen LogP contribution in [-0.4, -0.2) is 29.9 Å². The summed E-state index contributed by atoms with van der Waals surface area (Å²) in [6, 6.07) is 8.43. The summed E-state index contributed by atoms with van der Waals surface area (Å²) in [6.07, 6.45) is 1.41. The minimum absolute atomic E-state index is 0.0288. The monoisotopic (exact) mass is 376 g/mol. The van der Waals surface area contributed by atoms with Gasteiger partial charge in [-0.3, -0.25) is 9.69 Å². The normalized spacial score (nSPS) is 15.7. The molecule has 0 radical (unpaired) electrons. The molecule has 0 aromatic heterocycles. The van der Waals surface area contributed by atoms with Crippen LogP contribution in [0.1, 0.15) is 30.9 Å². The number of carbonyl (C=O) groups is 1. The van der Waals surface area contributed by atoms with E-state index in [0.717, 1.165) is 6.07 Å². The molecule has 3 nitrogen and oxygen atoms in total. The van der Waals surface area contributed by atoms with Crippen molar-refractivity contribution in [2.24, 2.45) is 0 Å². The molecule has 3 rings (SSSR count). The predicted octanol–water partition coefficient (Wildman–Crippen LogP) is 4.43. The number of carbonyl (C=O) groups excluding carboxylic acids is 1. The van der Waals surface area contributed by atoms with E-state index in [1.807, 2.05) is 0 Å². The van der Waals surface area contributed by atoms with Crippen LogP contribution in [0.3, 0.4) is 0 Å². The van der Waals surface area contributed by atoms with Crippen molar-refractivity contribution in [3.8, 4) is 0 Å². The van der Waals surface area contributed by atoms with Crippen LogP contribution in [0.5, 0.6) is 0 Å². The van der Waals surface area contributed by atoms with Gasteiger partial charge in [-0.15, -0.1) is 0 Å². The van der Waals surface area contributed by atoms with Crippen molar-refractivity contribution < 1.29 is 18.0 Å². The first-order chi connectivity index (χ1) is 12.8. The number of rotatable bonds is 4. The maximum absolute atomic E-state index is 13.9. The Hall–Kier alpha value is -2.34. The minimum Gasteiger partial charge on any atom is -0.309 e. The number of nitrogens with zero attached hydrogens (tertiary/aromatic N) is 2. The first-order valence-electron chi connectivity index (χ1n) is 9.07. The summed E-state index contributed by atoms with van der Waals surface area (Å²) in [5, 5.41) is 0. The van der Waals surface area contributed by atoms with Crippen molar-refractivity contribution in [3.63, 3.8) is 0 Å². The topological polar surface area (TPSA) is 23.6 Å². The van der Waals surface area contributed by atoms with Crippen LogP contribution in [-0.2, 0) is 11.3 Å². The lowest BCUT2D eigenvalue weighted by Crippen LogP contribution is -2.46. The molecule has 1 heterocycles. The molecule has 2 aromatic carbocycles. The van der Waals surface area contributed by atoms with Crippen LogP contribution >= 0.6 is 0 Å². The summed E-state index contributed by atoms with van der Waals surface area (Å²) in [5.41, 5.74) is 1.56. The SMILES string of the molecule is CC(=O)N(c1ccc(C)c(F)c1)C1CCN(Cc2ccc(F)cc2F)CC1. The molecule has 27 heavy (non-hydrogen) atoms. The molecule has 1 amide bonds. The molecule has 0 unspecified atom stereocenters. The van der Waals surface area contributed by atoms with Crippen molar-refractivity contribution in [2.75, 3.05) is 18.0 Å². The molecule has 0 bridgehead atoms. The Labute approximate surface area is 157 Å². The fourth-order valence-corrected chi connectivity index (χ4v) is 3.61. The maximum Gasteiger partial charge on any atom is 0.224 e. The van der Waals surface area contributed by atoms with E-state index in [0.29, 0.717) is 49.3 Å². The molecule has 1 aliphatic rings. The highest BCUT2D eigenvalue weighted by molar-refractivity contribution is 5.92. The maximum atomic E-state index is 13.9. The van der Waals surface area contributed by atoms with Crippen molar-refractivity contribution in [1.29, 1.82) is 0 Å². The largest absolute Gasteiger partial charge is 0.309 e. The highest BCUT2D eigenvalue weighted by Crippen LogP contribution is 2.26. The predicted molar refractivity (Wildman–Crippen MR) is 99.0 cm³/mol. The van der Waals surface area contributed by atoms with Gasteiger partial charge in [0.1, 0.15) is 17.5 Å². The quantitative estimate of drug-likeness (QED) is 0.788. The lowest BCUT2D eigenvalue weighted by Gasteiger charge is -2.38. The van der Waals surface area contributed by atoms with E-state index < -0.39 is 11.6 Å². The van der Waals surface area contributed by atoms with Crippen LogP contribution in [0.15, 0.2) is 36.4 Å². The average Bonchev–Trinajstić information content (AvgIpc) is 2.62. The Morgan fingerprint density at radius 1 is 1.07 bits per heavy atom. The Balaban J connectivity index is 1.67. The molecule has 0 atom stereocenters. The first-order valence-corrected chi connectivity index (χ1v) is 9.07. The molecule has 1 saturated heterocycles. The van der Waals surface area contributed by atoms with Gasteiger partial charge in [0.15, 0.2) is 0 Å². The van der Waals surface area contributed by atoms with E-state index in [4.69, 9.17) is 0 Å². The molecule has 0 saturated carbocycles. The van der Waals surface area contributed by atoms with Gasteiger partial charge in [0.05, 0.1) is 0 Å². The zero-order chi connectivity index (χ0) is 19.6. The van der Waals surface area contributed by atoms with Gasteiger partial charge in [0, 0.05) is 49.9 Å². The van der Waals surface area contributed by atoms with Crippen molar-refractivity contribution in [3.05, 3.63) is 65.0 Å². The highest BCUT2D eigenvalue weighted by atomic mass is 19.1. The lowest BCUT2D eigenvalue weighted by molar-refractivity contribution is -0.117. The second-order valence-corrected chi connectivity index (χ2v) is 7.07. The molecule has 0 aliphatic carbocycles. The number of halogens is 3. The Kier molecular flexibility index (Phi) is 5.85. The first kappa shape index (κ1) is 19.4.